The number of nitrogens with zero attached hydrogens (tertiary/aromatic N) is 2. The highest BCUT2D eigenvalue weighted by Gasteiger charge is 2.42. The molecule has 8 heteroatoms. The van der Waals surface area contributed by atoms with Gasteiger partial charge in [-0.05, 0) is 44.8 Å². The summed E-state index contributed by atoms with van der Waals surface area (Å²) < 4.78 is 26.5. The second kappa shape index (κ2) is 5.68. The van der Waals surface area contributed by atoms with E-state index in [1.807, 2.05) is 14.1 Å². The molecule has 1 aromatic rings. The highest BCUT2D eigenvalue weighted by Crippen LogP contribution is 2.38. The van der Waals surface area contributed by atoms with Gasteiger partial charge in [0.2, 0.25) is 10.0 Å². The summed E-state index contributed by atoms with van der Waals surface area (Å²) in [6, 6.07) is 1.36. The Labute approximate surface area is 129 Å². The predicted molar refractivity (Wildman–Crippen MR) is 81.4 cm³/mol. The van der Waals surface area contributed by atoms with Crippen LogP contribution in [0, 0.1) is 0 Å². The van der Waals surface area contributed by atoms with Crippen molar-refractivity contribution in [3.63, 3.8) is 0 Å². The lowest BCUT2D eigenvalue weighted by molar-refractivity contribution is 0.0455. The maximum absolute atomic E-state index is 12.6. The third-order valence-electron chi connectivity index (χ3n) is 4.26. The average molecular weight is 332 g/mol. The number of likely N-dealkylation sites (N-methyl/N-ethyl adjacent to an activating group) is 2. The van der Waals surface area contributed by atoms with E-state index in [1.54, 1.807) is 0 Å². The fourth-order valence-corrected chi connectivity index (χ4v) is 5.13. The number of hydrogen-bond donors (Lipinski definition) is 1. The molecule has 0 atom stereocenters. The van der Waals surface area contributed by atoms with Crippen LogP contribution in [-0.4, -0.2) is 61.9 Å². The van der Waals surface area contributed by atoms with Gasteiger partial charge in [-0.2, -0.15) is 4.31 Å². The molecule has 1 heterocycles. The number of carboxylic acids is 1. The zero-order valence-corrected chi connectivity index (χ0v) is 14.0. The molecule has 2 rings (SSSR count). The molecule has 1 aliphatic carbocycles. The third-order valence-corrected chi connectivity index (χ3v) is 7.14. The van der Waals surface area contributed by atoms with E-state index in [1.165, 1.54) is 22.8 Å². The van der Waals surface area contributed by atoms with Gasteiger partial charge in [-0.15, -0.1) is 11.3 Å². The number of carboxylic acid groups (broad SMARTS) is 1. The Morgan fingerprint density at radius 3 is 2.43 bits per heavy atom. The van der Waals surface area contributed by atoms with Crippen LogP contribution in [0.3, 0.4) is 0 Å². The van der Waals surface area contributed by atoms with Gasteiger partial charge >= 0.3 is 5.97 Å². The maximum atomic E-state index is 12.6. The van der Waals surface area contributed by atoms with Crippen LogP contribution < -0.4 is 0 Å². The third kappa shape index (κ3) is 2.85. The molecule has 1 aliphatic rings. The fraction of sp³-hybridized carbons (Fsp3) is 0.615. The van der Waals surface area contributed by atoms with Gasteiger partial charge in [-0.1, -0.05) is 0 Å². The number of aromatic carboxylic acids is 1. The van der Waals surface area contributed by atoms with E-state index in [2.05, 4.69) is 4.90 Å². The molecule has 0 aliphatic heterocycles. The van der Waals surface area contributed by atoms with Crippen LogP contribution in [0.4, 0.5) is 0 Å². The van der Waals surface area contributed by atoms with Gasteiger partial charge in [0.1, 0.15) is 9.77 Å². The summed E-state index contributed by atoms with van der Waals surface area (Å²) in [6.45, 7) is 0.372. The van der Waals surface area contributed by atoms with E-state index in [9.17, 15) is 13.2 Å². The van der Waals surface area contributed by atoms with E-state index < -0.39 is 16.0 Å². The standard InChI is InChI=1S/C13H20N2O4S2/c1-14(2)13(6-4-7-13)9-15(3)21(18,19)10-5-8-20-11(10)12(16)17/h5,8H,4,6-7,9H2,1-3H3,(H,16,17). The van der Waals surface area contributed by atoms with Crippen molar-refractivity contribution in [2.24, 2.45) is 0 Å². The van der Waals surface area contributed by atoms with Crippen molar-refractivity contribution in [1.29, 1.82) is 0 Å². The predicted octanol–water partition coefficient (Wildman–Crippen LogP) is 1.55. The van der Waals surface area contributed by atoms with Crippen LogP contribution in [0.15, 0.2) is 16.3 Å². The topological polar surface area (TPSA) is 77.9 Å². The molecular formula is C13H20N2O4S2. The van der Waals surface area contributed by atoms with E-state index >= 15 is 0 Å². The Kier molecular flexibility index (Phi) is 4.44. The molecule has 0 amide bonds. The highest BCUT2D eigenvalue weighted by atomic mass is 32.2. The molecule has 0 saturated heterocycles. The van der Waals surface area contributed by atoms with Crippen LogP contribution in [0.25, 0.3) is 0 Å². The van der Waals surface area contributed by atoms with Crippen LogP contribution in [0.2, 0.25) is 0 Å². The van der Waals surface area contributed by atoms with Gasteiger partial charge in [0.25, 0.3) is 0 Å². The molecular weight excluding hydrogens is 312 g/mol. The van der Waals surface area contributed by atoms with Crippen LogP contribution in [0.1, 0.15) is 28.9 Å². The first-order valence-electron chi connectivity index (χ1n) is 6.65. The second-order valence-electron chi connectivity index (χ2n) is 5.65. The van der Waals surface area contributed by atoms with Crippen LogP contribution >= 0.6 is 11.3 Å². The molecule has 6 nitrogen and oxygen atoms in total. The Hall–Kier alpha value is -0.960. The highest BCUT2D eigenvalue weighted by molar-refractivity contribution is 7.89. The zero-order chi connectivity index (χ0) is 15.8. The number of sulfonamides is 1. The minimum Gasteiger partial charge on any atom is -0.477 e. The van der Waals surface area contributed by atoms with Crippen molar-refractivity contribution in [2.45, 2.75) is 29.7 Å². The largest absolute Gasteiger partial charge is 0.477 e. The average Bonchev–Trinajstić information content (AvgIpc) is 2.82. The smallest absolute Gasteiger partial charge is 0.347 e. The van der Waals surface area contributed by atoms with E-state index in [4.69, 9.17) is 5.11 Å². The lowest BCUT2D eigenvalue weighted by Crippen LogP contribution is -2.57. The minimum absolute atomic E-state index is 0.115. The summed E-state index contributed by atoms with van der Waals surface area (Å²) in [7, 11) is 1.64. The van der Waals surface area contributed by atoms with Crippen molar-refractivity contribution in [3.05, 3.63) is 16.3 Å². The van der Waals surface area contributed by atoms with Crippen molar-refractivity contribution in [3.8, 4) is 0 Å². The Bertz CT molecular complexity index is 632. The van der Waals surface area contributed by atoms with Gasteiger partial charge in [0.05, 0.1) is 0 Å². The normalized spacial score (nSPS) is 18.0. The van der Waals surface area contributed by atoms with Crippen molar-refractivity contribution in [2.75, 3.05) is 27.7 Å². The number of hydrogen-bond acceptors (Lipinski definition) is 5. The monoisotopic (exact) mass is 332 g/mol. The molecule has 1 N–H and O–H groups in total. The number of carbonyl (C=O) groups is 1. The summed E-state index contributed by atoms with van der Waals surface area (Å²) in [5.41, 5.74) is -0.138. The lowest BCUT2D eigenvalue weighted by atomic mass is 9.75. The first kappa shape index (κ1) is 16.4. The zero-order valence-electron chi connectivity index (χ0n) is 12.4. The number of thiophene rings is 1. The molecule has 1 fully saturated rings. The molecule has 0 unspecified atom stereocenters. The minimum atomic E-state index is -3.78. The van der Waals surface area contributed by atoms with Gasteiger partial charge in [-0.25, -0.2) is 13.2 Å². The first-order valence-corrected chi connectivity index (χ1v) is 8.97. The van der Waals surface area contributed by atoms with Gasteiger partial charge in [0.15, 0.2) is 0 Å². The van der Waals surface area contributed by atoms with Gasteiger partial charge < -0.3 is 10.0 Å². The molecule has 0 bridgehead atoms. The summed E-state index contributed by atoms with van der Waals surface area (Å²) in [5.74, 6) is -1.21. The molecule has 1 aromatic heterocycles. The molecule has 1 saturated carbocycles. The van der Waals surface area contributed by atoms with E-state index in [0.29, 0.717) is 6.54 Å². The van der Waals surface area contributed by atoms with Gasteiger partial charge in [-0.3, -0.25) is 0 Å². The SMILES string of the molecule is CN(C)C1(CN(C)S(=O)(=O)c2ccsc2C(=O)O)CCC1. The second-order valence-corrected chi connectivity index (χ2v) is 8.58. The van der Waals surface area contributed by atoms with Gasteiger partial charge in [0, 0.05) is 19.1 Å². The van der Waals surface area contributed by atoms with Crippen LogP contribution in [0.5, 0.6) is 0 Å². The van der Waals surface area contributed by atoms with Crippen LogP contribution in [-0.2, 0) is 10.0 Å². The van der Waals surface area contributed by atoms with E-state index in [0.717, 1.165) is 30.6 Å². The maximum Gasteiger partial charge on any atom is 0.347 e. The first-order chi connectivity index (χ1) is 9.70. The summed E-state index contributed by atoms with van der Waals surface area (Å²) in [4.78, 5) is 13.0. The van der Waals surface area contributed by atoms with E-state index in [-0.39, 0.29) is 15.3 Å². The quantitative estimate of drug-likeness (QED) is 0.855. The lowest BCUT2D eigenvalue weighted by Gasteiger charge is -2.48. The Balaban J connectivity index is 2.27. The molecule has 118 valence electrons. The van der Waals surface area contributed by atoms with Crippen molar-refractivity contribution < 1.29 is 18.3 Å². The summed E-state index contributed by atoms with van der Waals surface area (Å²) in [5, 5.41) is 10.6. The Morgan fingerprint density at radius 2 is 2.00 bits per heavy atom. The molecule has 0 aromatic carbocycles. The Morgan fingerprint density at radius 1 is 1.38 bits per heavy atom. The van der Waals surface area contributed by atoms with Crippen molar-refractivity contribution >= 4 is 27.3 Å². The summed E-state index contributed by atoms with van der Waals surface area (Å²) >= 11 is 0.930. The summed E-state index contributed by atoms with van der Waals surface area (Å²) in [6.07, 6.45) is 3.00. The molecule has 21 heavy (non-hydrogen) atoms. The van der Waals surface area contributed by atoms with Crippen molar-refractivity contribution in [1.82, 2.24) is 9.21 Å². The molecule has 0 radical (unpaired) electrons. The number of rotatable bonds is 6. The molecule has 0 spiro atoms. The fourth-order valence-electron chi connectivity index (χ4n) is 2.66.